The van der Waals surface area contributed by atoms with Gasteiger partial charge in [0, 0.05) is 31.2 Å². The summed E-state index contributed by atoms with van der Waals surface area (Å²) < 4.78 is 5.32. The summed E-state index contributed by atoms with van der Waals surface area (Å²) in [6, 6.07) is 10.4. The zero-order valence-electron chi connectivity index (χ0n) is 11.5. The maximum atomic E-state index is 5.32. The Labute approximate surface area is 124 Å². The minimum Gasteiger partial charge on any atom is -0.334 e. The molecule has 1 aromatic heterocycles. The number of benzene rings is 1. The molecule has 1 N–H and O–H groups in total. The second-order valence-electron chi connectivity index (χ2n) is 4.91. The van der Waals surface area contributed by atoms with Gasteiger partial charge in [0.25, 0.3) is 5.89 Å². The largest absolute Gasteiger partial charge is 0.334 e. The second kappa shape index (κ2) is 6.83. The standard InChI is InChI=1S/C14H18N4O.ClH/c1-11-9-15-7-8-18(11)10-13-16-14(19-17-13)12-5-3-2-4-6-12;/h2-6,11,15H,7-10H2,1H3;1H. The van der Waals surface area contributed by atoms with Crippen molar-refractivity contribution < 1.29 is 4.52 Å². The molecule has 1 aliphatic rings. The van der Waals surface area contributed by atoms with Crippen molar-refractivity contribution in [1.82, 2.24) is 20.4 Å². The number of hydrogen-bond donors (Lipinski definition) is 1. The molecule has 3 rings (SSSR count). The monoisotopic (exact) mass is 294 g/mol. The van der Waals surface area contributed by atoms with Gasteiger partial charge in [-0.15, -0.1) is 12.4 Å². The molecule has 2 heterocycles. The fraction of sp³-hybridized carbons (Fsp3) is 0.429. The summed E-state index contributed by atoms with van der Waals surface area (Å²) in [5.74, 6) is 1.35. The van der Waals surface area contributed by atoms with Crippen LogP contribution in [0, 0.1) is 0 Å². The van der Waals surface area contributed by atoms with Crippen LogP contribution in [0.15, 0.2) is 34.9 Å². The first-order valence-corrected chi connectivity index (χ1v) is 6.66. The van der Waals surface area contributed by atoms with Gasteiger partial charge >= 0.3 is 0 Å². The summed E-state index contributed by atoms with van der Waals surface area (Å²) in [4.78, 5) is 6.84. The molecule has 108 valence electrons. The lowest BCUT2D eigenvalue weighted by Gasteiger charge is -2.32. The third kappa shape index (κ3) is 3.36. The molecule has 5 nitrogen and oxygen atoms in total. The number of hydrogen-bond acceptors (Lipinski definition) is 5. The molecule has 20 heavy (non-hydrogen) atoms. The van der Waals surface area contributed by atoms with Crippen molar-refractivity contribution in [2.24, 2.45) is 0 Å². The molecule has 1 saturated heterocycles. The third-order valence-corrected chi connectivity index (χ3v) is 3.47. The molecule has 1 aromatic carbocycles. The number of halogens is 1. The average molecular weight is 295 g/mol. The van der Waals surface area contributed by atoms with E-state index >= 15 is 0 Å². The molecular formula is C14H19ClN4O. The predicted octanol–water partition coefficient (Wildman–Crippen LogP) is 1.95. The molecule has 1 fully saturated rings. The highest BCUT2D eigenvalue weighted by molar-refractivity contribution is 5.85. The lowest BCUT2D eigenvalue weighted by atomic mass is 10.2. The predicted molar refractivity (Wildman–Crippen MR) is 79.7 cm³/mol. The van der Waals surface area contributed by atoms with E-state index in [-0.39, 0.29) is 12.4 Å². The summed E-state index contributed by atoms with van der Waals surface area (Å²) in [6.07, 6.45) is 0. The van der Waals surface area contributed by atoms with Crippen LogP contribution >= 0.6 is 12.4 Å². The summed E-state index contributed by atoms with van der Waals surface area (Å²) >= 11 is 0. The van der Waals surface area contributed by atoms with Crippen molar-refractivity contribution in [3.05, 3.63) is 36.2 Å². The maximum absolute atomic E-state index is 5.32. The van der Waals surface area contributed by atoms with Gasteiger partial charge in [-0.1, -0.05) is 23.4 Å². The second-order valence-corrected chi connectivity index (χ2v) is 4.91. The van der Waals surface area contributed by atoms with Crippen molar-refractivity contribution in [2.75, 3.05) is 19.6 Å². The van der Waals surface area contributed by atoms with Gasteiger partial charge in [0.05, 0.1) is 6.54 Å². The van der Waals surface area contributed by atoms with E-state index in [1.807, 2.05) is 30.3 Å². The Bertz CT molecular complexity index is 531. The van der Waals surface area contributed by atoms with E-state index in [1.165, 1.54) is 0 Å². The van der Waals surface area contributed by atoms with Crippen molar-refractivity contribution in [3.63, 3.8) is 0 Å². The van der Waals surface area contributed by atoms with Gasteiger partial charge in [-0.05, 0) is 19.1 Å². The number of piperazine rings is 1. The average Bonchev–Trinajstić information content (AvgIpc) is 2.91. The third-order valence-electron chi connectivity index (χ3n) is 3.47. The highest BCUT2D eigenvalue weighted by Crippen LogP contribution is 2.17. The Morgan fingerprint density at radius 1 is 1.35 bits per heavy atom. The van der Waals surface area contributed by atoms with Crippen molar-refractivity contribution in [2.45, 2.75) is 19.5 Å². The zero-order chi connectivity index (χ0) is 13.1. The fourth-order valence-electron chi connectivity index (χ4n) is 2.32. The van der Waals surface area contributed by atoms with E-state index in [0.717, 1.165) is 37.6 Å². The molecule has 0 radical (unpaired) electrons. The van der Waals surface area contributed by atoms with E-state index in [2.05, 4.69) is 27.3 Å². The van der Waals surface area contributed by atoms with Crippen LogP contribution in [-0.4, -0.2) is 40.7 Å². The van der Waals surface area contributed by atoms with Crippen LogP contribution in [0.2, 0.25) is 0 Å². The van der Waals surface area contributed by atoms with Gasteiger partial charge in [0.2, 0.25) is 0 Å². The van der Waals surface area contributed by atoms with E-state index < -0.39 is 0 Å². The first kappa shape index (κ1) is 15.0. The molecule has 0 saturated carbocycles. The Hall–Kier alpha value is -1.43. The van der Waals surface area contributed by atoms with E-state index in [0.29, 0.717) is 11.9 Å². The van der Waals surface area contributed by atoms with E-state index in [4.69, 9.17) is 4.52 Å². The molecular weight excluding hydrogens is 276 g/mol. The van der Waals surface area contributed by atoms with E-state index in [9.17, 15) is 0 Å². The lowest BCUT2D eigenvalue weighted by molar-refractivity contribution is 0.160. The summed E-state index contributed by atoms with van der Waals surface area (Å²) in [5, 5.41) is 7.45. The molecule has 1 aliphatic heterocycles. The van der Waals surface area contributed by atoms with Crippen LogP contribution in [0.1, 0.15) is 12.7 Å². The van der Waals surface area contributed by atoms with Crippen LogP contribution in [0.5, 0.6) is 0 Å². The molecule has 0 aliphatic carbocycles. The highest BCUT2D eigenvalue weighted by atomic mass is 35.5. The van der Waals surface area contributed by atoms with Gasteiger partial charge in [-0.3, -0.25) is 4.90 Å². The van der Waals surface area contributed by atoms with Gasteiger partial charge in [0.15, 0.2) is 5.82 Å². The van der Waals surface area contributed by atoms with Crippen molar-refractivity contribution >= 4 is 12.4 Å². The zero-order valence-corrected chi connectivity index (χ0v) is 12.3. The van der Waals surface area contributed by atoms with Crippen LogP contribution < -0.4 is 5.32 Å². The number of rotatable bonds is 3. The highest BCUT2D eigenvalue weighted by Gasteiger charge is 2.20. The molecule has 2 aromatic rings. The van der Waals surface area contributed by atoms with Gasteiger partial charge < -0.3 is 9.84 Å². The maximum Gasteiger partial charge on any atom is 0.257 e. The number of aromatic nitrogens is 2. The first-order chi connectivity index (χ1) is 9.33. The summed E-state index contributed by atoms with van der Waals surface area (Å²) in [5.41, 5.74) is 0.967. The molecule has 6 heteroatoms. The van der Waals surface area contributed by atoms with Gasteiger partial charge in [-0.25, -0.2) is 0 Å². The van der Waals surface area contributed by atoms with Crippen molar-refractivity contribution in [1.29, 1.82) is 0 Å². The van der Waals surface area contributed by atoms with Gasteiger partial charge in [0.1, 0.15) is 0 Å². The van der Waals surface area contributed by atoms with Crippen LogP contribution in [0.4, 0.5) is 0 Å². The first-order valence-electron chi connectivity index (χ1n) is 6.66. The Morgan fingerprint density at radius 2 is 2.15 bits per heavy atom. The minimum absolute atomic E-state index is 0. The Balaban J connectivity index is 0.00000147. The smallest absolute Gasteiger partial charge is 0.257 e. The van der Waals surface area contributed by atoms with Crippen molar-refractivity contribution in [3.8, 4) is 11.5 Å². The Morgan fingerprint density at radius 3 is 2.90 bits per heavy atom. The SMILES string of the molecule is CC1CNCCN1Cc1noc(-c2ccccc2)n1.Cl. The normalized spacial score (nSPS) is 19.6. The van der Waals surface area contributed by atoms with E-state index in [1.54, 1.807) is 0 Å². The Kier molecular flexibility index (Phi) is 5.11. The quantitative estimate of drug-likeness (QED) is 0.938. The molecule has 0 bridgehead atoms. The molecule has 1 unspecified atom stereocenters. The topological polar surface area (TPSA) is 54.2 Å². The van der Waals surface area contributed by atoms with Crippen LogP contribution in [0.25, 0.3) is 11.5 Å². The minimum atomic E-state index is 0. The van der Waals surface area contributed by atoms with Crippen LogP contribution in [0.3, 0.4) is 0 Å². The van der Waals surface area contributed by atoms with Crippen LogP contribution in [-0.2, 0) is 6.54 Å². The molecule has 0 spiro atoms. The molecule has 0 amide bonds. The summed E-state index contributed by atoms with van der Waals surface area (Å²) in [6.45, 7) is 6.02. The lowest BCUT2D eigenvalue weighted by Crippen LogP contribution is -2.49. The summed E-state index contributed by atoms with van der Waals surface area (Å²) in [7, 11) is 0. The molecule has 1 atom stereocenters. The van der Waals surface area contributed by atoms with Gasteiger partial charge in [-0.2, -0.15) is 4.98 Å². The fourth-order valence-corrected chi connectivity index (χ4v) is 2.32. The number of nitrogens with one attached hydrogen (secondary N) is 1. The number of nitrogens with zero attached hydrogens (tertiary/aromatic N) is 3.